The number of nitrogens with one attached hydrogen (secondary N) is 1. The van der Waals surface area contributed by atoms with Gasteiger partial charge in [0.15, 0.2) is 0 Å². The van der Waals surface area contributed by atoms with Crippen LogP contribution in [-0.2, 0) is 15.1 Å². The van der Waals surface area contributed by atoms with E-state index >= 15 is 0 Å². The maximum Gasteiger partial charge on any atom is 0.325 e. The Morgan fingerprint density at radius 1 is 1.32 bits per heavy atom. The largest absolute Gasteiger partial charge is 0.334 e. The van der Waals surface area contributed by atoms with Gasteiger partial charge in [-0.1, -0.05) is 40.2 Å². The van der Waals surface area contributed by atoms with Crippen molar-refractivity contribution in [3.8, 4) is 0 Å². The second-order valence-electron chi connectivity index (χ2n) is 5.83. The van der Waals surface area contributed by atoms with E-state index in [0.29, 0.717) is 18.7 Å². The summed E-state index contributed by atoms with van der Waals surface area (Å²) in [5, 5.41) is 2.69. The van der Waals surface area contributed by atoms with Crippen LogP contribution in [0.5, 0.6) is 0 Å². The van der Waals surface area contributed by atoms with Gasteiger partial charge in [-0.3, -0.25) is 14.5 Å². The molecule has 25 heavy (non-hydrogen) atoms. The van der Waals surface area contributed by atoms with E-state index in [1.807, 2.05) is 6.07 Å². The number of halogens is 1. The fourth-order valence-corrected chi connectivity index (χ4v) is 3.06. The van der Waals surface area contributed by atoms with Crippen LogP contribution in [0, 0.1) is 0 Å². The predicted octanol–water partition coefficient (Wildman–Crippen LogP) is 2.42. The number of hydrogen-bond acceptors (Lipinski definition) is 3. The maximum atomic E-state index is 12.8. The highest BCUT2D eigenvalue weighted by atomic mass is 79.9. The Labute approximate surface area is 155 Å². The lowest BCUT2D eigenvalue weighted by atomic mass is 9.92. The number of carbonyl (C=O) groups is 3. The monoisotopic (exact) mass is 405 g/mol. The summed E-state index contributed by atoms with van der Waals surface area (Å²) in [4.78, 5) is 40.0. The molecule has 1 saturated heterocycles. The predicted molar refractivity (Wildman–Crippen MR) is 98.7 cm³/mol. The average molecular weight is 406 g/mol. The molecule has 6 nitrogen and oxygen atoms in total. The van der Waals surface area contributed by atoms with Gasteiger partial charge in [-0.05, 0) is 24.6 Å². The van der Waals surface area contributed by atoms with Gasteiger partial charge in [-0.25, -0.2) is 4.79 Å². The van der Waals surface area contributed by atoms with Crippen molar-refractivity contribution in [1.82, 2.24) is 15.1 Å². The van der Waals surface area contributed by atoms with Crippen molar-refractivity contribution < 1.29 is 14.4 Å². The van der Waals surface area contributed by atoms with E-state index in [4.69, 9.17) is 0 Å². The Balaban J connectivity index is 2.22. The molecule has 0 radical (unpaired) electrons. The van der Waals surface area contributed by atoms with Gasteiger partial charge in [-0.2, -0.15) is 0 Å². The van der Waals surface area contributed by atoms with E-state index in [1.54, 1.807) is 37.3 Å². The number of nitrogens with zero attached hydrogens (tertiary/aromatic N) is 2. The molecule has 2 rings (SSSR count). The van der Waals surface area contributed by atoms with E-state index in [0.717, 1.165) is 9.37 Å². The van der Waals surface area contributed by atoms with Gasteiger partial charge in [0.25, 0.3) is 5.91 Å². The fraction of sp³-hybridized carbons (Fsp3) is 0.278. The second kappa shape index (κ2) is 7.65. The smallest absolute Gasteiger partial charge is 0.325 e. The summed E-state index contributed by atoms with van der Waals surface area (Å²) in [6, 6.07) is 6.56. The molecule has 1 fully saturated rings. The van der Waals surface area contributed by atoms with Crippen molar-refractivity contribution in [2.24, 2.45) is 0 Å². The zero-order valence-corrected chi connectivity index (χ0v) is 15.6. The third kappa shape index (κ3) is 3.82. The minimum absolute atomic E-state index is 0.317. The highest BCUT2D eigenvalue weighted by Crippen LogP contribution is 2.30. The number of rotatable bonds is 7. The van der Waals surface area contributed by atoms with Crippen LogP contribution in [0.2, 0.25) is 0 Å². The quantitative estimate of drug-likeness (QED) is 0.559. The molecule has 1 N–H and O–H groups in total. The first-order valence-corrected chi connectivity index (χ1v) is 8.52. The summed E-state index contributed by atoms with van der Waals surface area (Å²) in [5.74, 6) is -0.803. The van der Waals surface area contributed by atoms with Gasteiger partial charge in [0.05, 0.1) is 0 Å². The van der Waals surface area contributed by atoms with Gasteiger partial charge in [0, 0.05) is 17.6 Å². The first-order chi connectivity index (χ1) is 11.8. The highest BCUT2D eigenvalue weighted by molar-refractivity contribution is 9.10. The van der Waals surface area contributed by atoms with E-state index in [1.165, 1.54) is 4.90 Å². The lowest BCUT2D eigenvalue weighted by Crippen LogP contribution is -2.44. The number of carbonyl (C=O) groups excluding carboxylic acids is 3. The van der Waals surface area contributed by atoms with Gasteiger partial charge < -0.3 is 10.2 Å². The normalized spacial score (nSPS) is 19.5. The fourth-order valence-electron chi connectivity index (χ4n) is 2.66. The molecule has 1 aromatic carbocycles. The topological polar surface area (TPSA) is 69.7 Å². The van der Waals surface area contributed by atoms with Crippen LogP contribution >= 0.6 is 15.9 Å². The molecule has 1 aromatic rings. The third-order valence-corrected chi connectivity index (χ3v) is 4.52. The zero-order chi connectivity index (χ0) is 18.6. The van der Waals surface area contributed by atoms with E-state index in [-0.39, 0.29) is 12.5 Å². The summed E-state index contributed by atoms with van der Waals surface area (Å²) in [6.07, 6.45) is 3.16. The molecular formula is C18H20BrN3O3. The van der Waals surface area contributed by atoms with Crippen LogP contribution in [0.1, 0.15) is 12.5 Å². The lowest BCUT2D eigenvalue weighted by molar-refractivity contribution is -0.138. The highest BCUT2D eigenvalue weighted by Gasteiger charge is 2.49. The Morgan fingerprint density at radius 3 is 2.52 bits per heavy atom. The Kier molecular flexibility index (Phi) is 5.79. The van der Waals surface area contributed by atoms with Crippen LogP contribution in [-0.4, -0.2) is 47.3 Å². The van der Waals surface area contributed by atoms with Crippen molar-refractivity contribution >= 4 is 33.8 Å². The number of imide groups is 1. The second-order valence-corrected chi connectivity index (χ2v) is 6.75. The molecule has 0 aliphatic carbocycles. The first kappa shape index (κ1) is 18.9. The molecule has 132 valence electrons. The number of urea groups is 1. The zero-order valence-electron chi connectivity index (χ0n) is 14.0. The minimum atomic E-state index is -1.21. The standard InChI is InChI=1S/C18H20BrN3O3/c1-4-9-21(10-5-2)15(23)12-22-16(24)18(3,20-17(22)25)13-7-6-8-14(19)11-13/h4-8,11H,1-2,9-10,12H2,3H3,(H,20,25)/t18-/m0/s1. The molecule has 4 amide bonds. The van der Waals surface area contributed by atoms with E-state index < -0.39 is 17.5 Å². The number of hydrogen-bond donors (Lipinski definition) is 1. The maximum absolute atomic E-state index is 12.8. The Bertz CT molecular complexity index is 724. The molecule has 1 aliphatic rings. The summed E-state index contributed by atoms with van der Waals surface area (Å²) >= 11 is 3.36. The molecule has 0 saturated carbocycles. The van der Waals surface area contributed by atoms with E-state index in [9.17, 15) is 14.4 Å². The van der Waals surface area contributed by atoms with Gasteiger partial charge in [0.1, 0.15) is 12.1 Å². The molecule has 0 spiro atoms. The Morgan fingerprint density at radius 2 is 1.96 bits per heavy atom. The average Bonchev–Trinajstić information content (AvgIpc) is 2.79. The number of amides is 4. The SMILES string of the molecule is C=CCN(CC=C)C(=O)CN1C(=O)N[C@@](C)(c2cccc(Br)c2)C1=O. The summed E-state index contributed by atoms with van der Waals surface area (Å²) in [5.41, 5.74) is -0.563. The molecule has 0 aromatic heterocycles. The summed E-state index contributed by atoms with van der Waals surface area (Å²) in [6.45, 7) is 9.15. The van der Waals surface area contributed by atoms with Crippen molar-refractivity contribution in [2.45, 2.75) is 12.5 Å². The van der Waals surface area contributed by atoms with Crippen LogP contribution in [0.4, 0.5) is 4.79 Å². The van der Waals surface area contributed by atoms with Gasteiger partial charge >= 0.3 is 6.03 Å². The molecule has 0 bridgehead atoms. The van der Waals surface area contributed by atoms with Crippen molar-refractivity contribution in [3.63, 3.8) is 0 Å². The summed E-state index contributed by atoms with van der Waals surface area (Å²) < 4.78 is 0.797. The molecule has 7 heteroatoms. The number of benzene rings is 1. The van der Waals surface area contributed by atoms with Crippen LogP contribution < -0.4 is 5.32 Å². The third-order valence-electron chi connectivity index (χ3n) is 4.02. The minimum Gasteiger partial charge on any atom is -0.334 e. The van der Waals surface area contributed by atoms with Gasteiger partial charge in [-0.15, -0.1) is 13.2 Å². The van der Waals surface area contributed by atoms with Crippen molar-refractivity contribution in [3.05, 3.63) is 59.6 Å². The molecule has 1 aliphatic heterocycles. The molecular weight excluding hydrogens is 386 g/mol. The van der Waals surface area contributed by atoms with Crippen molar-refractivity contribution in [2.75, 3.05) is 19.6 Å². The first-order valence-electron chi connectivity index (χ1n) is 7.73. The van der Waals surface area contributed by atoms with Crippen LogP contribution in [0.3, 0.4) is 0 Å². The molecule has 0 unspecified atom stereocenters. The lowest BCUT2D eigenvalue weighted by Gasteiger charge is -2.24. The summed E-state index contributed by atoms with van der Waals surface area (Å²) in [7, 11) is 0. The molecule has 1 heterocycles. The molecule has 1 atom stereocenters. The van der Waals surface area contributed by atoms with Gasteiger partial charge in [0.2, 0.25) is 5.91 Å². The van der Waals surface area contributed by atoms with Crippen LogP contribution in [0.25, 0.3) is 0 Å². The van der Waals surface area contributed by atoms with Crippen LogP contribution in [0.15, 0.2) is 54.0 Å². The Hall–Kier alpha value is -2.41. The van der Waals surface area contributed by atoms with Crippen molar-refractivity contribution in [1.29, 1.82) is 0 Å². The van der Waals surface area contributed by atoms with E-state index in [2.05, 4.69) is 34.4 Å².